The number of amides is 1. The second-order valence-electron chi connectivity index (χ2n) is 5.84. The van der Waals surface area contributed by atoms with Gasteiger partial charge in [-0.15, -0.1) is 0 Å². The van der Waals surface area contributed by atoms with Crippen molar-refractivity contribution in [1.82, 2.24) is 4.90 Å². The first kappa shape index (κ1) is 15.3. The van der Waals surface area contributed by atoms with E-state index < -0.39 is 5.91 Å². The van der Waals surface area contributed by atoms with Crippen molar-refractivity contribution in [2.45, 2.75) is 19.5 Å². The van der Waals surface area contributed by atoms with Gasteiger partial charge in [-0.25, -0.2) is 0 Å². The van der Waals surface area contributed by atoms with E-state index in [1.807, 2.05) is 30.3 Å². The van der Waals surface area contributed by atoms with Gasteiger partial charge in [0.05, 0.1) is 6.04 Å². The van der Waals surface area contributed by atoms with Crippen molar-refractivity contribution in [3.05, 3.63) is 71.5 Å². The van der Waals surface area contributed by atoms with Crippen molar-refractivity contribution in [1.29, 1.82) is 0 Å². The maximum absolute atomic E-state index is 11.1. The van der Waals surface area contributed by atoms with E-state index in [9.17, 15) is 4.79 Å². The molecule has 4 heteroatoms. The lowest BCUT2D eigenvalue weighted by molar-refractivity contribution is 0.100. The Morgan fingerprint density at radius 1 is 1.17 bits per heavy atom. The lowest BCUT2D eigenvalue weighted by Crippen LogP contribution is -2.21. The maximum atomic E-state index is 11.1. The summed E-state index contributed by atoms with van der Waals surface area (Å²) in [5.41, 5.74) is 7.83. The SMILES string of the molecule is CC(c1cc2ccccc2o1)N(C)Cc1ccc(C(N)=O)cc1. The highest BCUT2D eigenvalue weighted by Crippen LogP contribution is 2.27. The fourth-order valence-corrected chi connectivity index (χ4v) is 2.62. The molecular weight excluding hydrogens is 288 g/mol. The molecule has 3 rings (SSSR count). The summed E-state index contributed by atoms with van der Waals surface area (Å²) in [5, 5.41) is 1.12. The van der Waals surface area contributed by atoms with Gasteiger partial charge in [0, 0.05) is 17.5 Å². The van der Waals surface area contributed by atoms with Crippen LogP contribution in [-0.2, 0) is 6.54 Å². The van der Waals surface area contributed by atoms with Crippen molar-refractivity contribution >= 4 is 16.9 Å². The van der Waals surface area contributed by atoms with Crippen LogP contribution in [0.3, 0.4) is 0 Å². The number of fused-ring (bicyclic) bond motifs is 1. The van der Waals surface area contributed by atoms with Crippen LogP contribution in [0.2, 0.25) is 0 Å². The Balaban J connectivity index is 1.73. The lowest BCUT2D eigenvalue weighted by atomic mass is 10.1. The van der Waals surface area contributed by atoms with Crippen LogP contribution in [0.4, 0.5) is 0 Å². The van der Waals surface area contributed by atoms with Crippen molar-refractivity contribution in [2.24, 2.45) is 5.73 Å². The predicted molar refractivity (Wildman–Crippen MR) is 91.1 cm³/mol. The summed E-state index contributed by atoms with van der Waals surface area (Å²) in [4.78, 5) is 13.3. The molecule has 3 aromatic rings. The molecule has 1 unspecified atom stereocenters. The van der Waals surface area contributed by atoms with Gasteiger partial charge in [0.1, 0.15) is 11.3 Å². The van der Waals surface area contributed by atoms with Crippen LogP contribution in [-0.4, -0.2) is 17.9 Å². The molecule has 0 radical (unpaired) electrons. The number of carbonyl (C=O) groups excluding carboxylic acids is 1. The third kappa shape index (κ3) is 3.27. The molecule has 0 saturated heterocycles. The lowest BCUT2D eigenvalue weighted by Gasteiger charge is -2.23. The average Bonchev–Trinajstić information content (AvgIpc) is 2.98. The zero-order valence-corrected chi connectivity index (χ0v) is 13.3. The maximum Gasteiger partial charge on any atom is 0.248 e. The number of benzene rings is 2. The molecule has 0 bridgehead atoms. The Bertz CT molecular complexity index is 788. The quantitative estimate of drug-likeness (QED) is 0.781. The van der Waals surface area contributed by atoms with Crippen LogP contribution in [0.25, 0.3) is 11.0 Å². The van der Waals surface area contributed by atoms with Crippen molar-refractivity contribution in [3.8, 4) is 0 Å². The minimum Gasteiger partial charge on any atom is -0.459 e. The van der Waals surface area contributed by atoms with E-state index in [1.54, 1.807) is 12.1 Å². The van der Waals surface area contributed by atoms with Crippen molar-refractivity contribution < 1.29 is 9.21 Å². The topological polar surface area (TPSA) is 59.5 Å². The summed E-state index contributed by atoms with van der Waals surface area (Å²) < 4.78 is 5.94. The van der Waals surface area contributed by atoms with Crippen molar-refractivity contribution in [3.63, 3.8) is 0 Å². The summed E-state index contributed by atoms with van der Waals surface area (Å²) in [6, 6.07) is 17.6. The van der Waals surface area contributed by atoms with Crippen LogP contribution in [0.15, 0.2) is 59.0 Å². The van der Waals surface area contributed by atoms with E-state index in [2.05, 4.69) is 31.0 Å². The van der Waals surface area contributed by atoms with Gasteiger partial charge in [0.2, 0.25) is 5.91 Å². The van der Waals surface area contributed by atoms with E-state index >= 15 is 0 Å². The first-order valence-corrected chi connectivity index (χ1v) is 7.62. The molecule has 1 atom stereocenters. The third-order valence-corrected chi connectivity index (χ3v) is 4.19. The summed E-state index contributed by atoms with van der Waals surface area (Å²) in [6.07, 6.45) is 0. The number of hydrogen-bond acceptors (Lipinski definition) is 3. The van der Waals surface area contributed by atoms with Crippen molar-refractivity contribution in [2.75, 3.05) is 7.05 Å². The predicted octanol–water partition coefficient (Wildman–Crippen LogP) is 3.72. The second kappa shape index (κ2) is 6.26. The number of hydrogen-bond donors (Lipinski definition) is 1. The van der Waals surface area contributed by atoms with Crippen LogP contribution in [0.5, 0.6) is 0 Å². The van der Waals surface area contributed by atoms with E-state index in [0.717, 1.165) is 28.8 Å². The normalized spacial score (nSPS) is 12.7. The van der Waals surface area contributed by atoms with Crippen LogP contribution < -0.4 is 5.73 Å². The molecule has 1 amide bonds. The molecule has 0 aliphatic rings. The van der Waals surface area contributed by atoms with Crippen LogP contribution in [0.1, 0.15) is 34.6 Å². The largest absolute Gasteiger partial charge is 0.459 e. The van der Waals surface area contributed by atoms with Gasteiger partial charge in [-0.1, -0.05) is 30.3 Å². The molecule has 0 saturated carbocycles. The molecule has 0 fully saturated rings. The molecule has 4 nitrogen and oxygen atoms in total. The van der Waals surface area contributed by atoms with E-state index in [0.29, 0.717) is 5.56 Å². The molecule has 2 aromatic carbocycles. The van der Waals surface area contributed by atoms with Crippen LogP contribution >= 0.6 is 0 Å². The Morgan fingerprint density at radius 2 is 1.87 bits per heavy atom. The zero-order chi connectivity index (χ0) is 16.4. The van der Waals surface area contributed by atoms with E-state index in [1.165, 1.54) is 0 Å². The number of rotatable bonds is 5. The molecule has 0 aliphatic carbocycles. The highest BCUT2D eigenvalue weighted by Gasteiger charge is 2.16. The second-order valence-corrected chi connectivity index (χ2v) is 5.84. The van der Waals surface area contributed by atoms with Gasteiger partial charge in [0.15, 0.2) is 0 Å². The fourth-order valence-electron chi connectivity index (χ4n) is 2.62. The summed E-state index contributed by atoms with van der Waals surface area (Å²) >= 11 is 0. The minimum atomic E-state index is -0.402. The smallest absolute Gasteiger partial charge is 0.248 e. The molecule has 118 valence electrons. The van der Waals surface area contributed by atoms with Gasteiger partial charge >= 0.3 is 0 Å². The molecular formula is C19H20N2O2. The molecule has 23 heavy (non-hydrogen) atoms. The minimum absolute atomic E-state index is 0.151. The molecule has 2 N–H and O–H groups in total. The Morgan fingerprint density at radius 3 is 2.52 bits per heavy atom. The van der Waals surface area contributed by atoms with Gasteiger partial charge < -0.3 is 10.2 Å². The number of furan rings is 1. The molecule has 0 aliphatic heterocycles. The van der Waals surface area contributed by atoms with Gasteiger partial charge in [0.25, 0.3) is 0 Å². The number of para-hydroxylation sites is 1. The van der Waals surface area contributed by atoms with E-state index in [-0.39, 0.29) is 6.04 Å². The first-order chi connectivity index (χ1) is 11.0. The van der Waals surface area contributed by atoms with Gasteiger partial charge in [-0.2, -0.15) is 0 Å². The first-order valence-electron chi connectivity index (χ1n) is 7.62. The molecule has 1 aromatic heterocycles. The Labute approximate surface area is 135 Å². The summed E-state index contributed by atoms with van der Waals surface area (Å²) in [5.74, 6) is 0.544. The fraction of sp³-hybridized carbons (Fsp3) is 0.211. The number of primary amides is 1. The molecule has 0 spiro atoms. The number of carbonyl (C=O) groups is 1. The van der Waals surface area contributed by atoms with Gasteiger partial charge in [-0.05, 0) is 43.8 Å². The molecule has 1 heterocycles. The standard InChI is InChI=1S/C19H20N2O2/c1-13(18-11-16-5-3-4-6-17(16)23-18)21(2)12-14-7-9-15(10-8-14)19(20)22/h3-11,13H,12H2,1-2H3,(H2,20,22). The highest BCUT2D eigenvalue weighted by molar-refractivity contribution is 5.92. The van der Waals surface area contributed by atoms with Crippen LogP contribution in [0, 0.1) is 0 Å². The van der Waals surface area contributed by atoms with E-state index in [4.69, 9.17) is 10.2 Å². The Hall–Kier alpha value is -2.59. The monoisotopic (exact) mass is 308 g/mol. The highest BCUT2D eigenvalue weighted by atomic mass is 16.3. The number of nitrogens with two attached hydrogens (primary N) is 1. The zero-order valence-electron chi connectivity index (χ0n) is 13.3. The Kier molecular flexibility index (Phi) is 4.17. The average molecular weight is 308 g/mol. The summed E-state index contributed by atoms with van der Waals surface area (Å²) in [7, 11) is 2.06. The number of nitrogens with zero attached hydrogens (tertiary/aromatic N) is 1. The third-order valence-electron chi connectivity index (χ3n) is 4.19. The van der Waals surface area contributed by atoms with Gasteiger partial charge in [-0.3, -0.25) is 9.69 Å². The summed E-state index contributed by atoms with van der Waals surface area (Å²) in [6.45, 7) is 2.88.